The van der Waals surface area contributed by atoms with Crippen LogP contribution in [0, 0.1) is 0 Å². The van der Waals surface area contributed by atoms with Gasteiger partial charge in [-0.25, -0.2) is 9.97 Å². The van der Waals surface area contributed by atoms with Gasteiger partial charge in [-0.1, -0.05) is 13.8 Å². The monoisotopic (exact) mass is 205 g/mol. The maximum atomic E-state index is 4.53. The lowest BCUT2D eigenvalue weighted by atomic mass is 10.2. The molecule has 82 valence electrons. The van der Waals surface area contributed by atoms with Gasteiger partial charge in [0.15, 0.2) is 0 Å². The molecule has 0 spiro atoms. The Morgan fingerprint density at radius 3 is 2.27 bits per heavy atom. The molecule has 1 fully saturated rings. The summed E-state index contributed by atoms with van der Waals surface area (Å²) in [5.74, 6) is 0.957. The molecule has 0 saturated heterocycles. The van der Waals surface area contributed by atoms with Crippen LogP contribution in [0.5, 0.6) is 0 Å². The molecule has 1 heterocycles. The van der Waals surface area contributed by atoms with E-state index < -0.39 is 0 Å². The van der Waals surface area contributed by atoms with Crippen molar-refractivity contribution in [3.05, 3.63) is 23.3 Å². The average Bonchev–Trinajstić information content (AvgIpc) is 3.09. The van der Waals surface area contributed by atoms with Crippen LogP contribution in [0.1, 0.15) is 43.9 Å². The molecule has 0 atom stereocenters. The van der Waals surface area contributed by atoms with Crippen molar-refractivity contribution in [2.45, 2.75) is 52.1 Å². The predicted molar refractivity (Wildman–Crippen MR) is 60.6 cm³/mol. The molecule has 0 aliphatic heterocycles. The Balaban J connectivity index is 2.06. The highest BCUT2D eigenvalue weighted by Crippen LogP contribution is 2.18. The lowest BCUT2D eigenvalue weighted by Crippen LogP contribution is -2.18. The molecule has 0 aromatic carbocycles. The standard InChI is InChI=1S/C12H19N3/c1-3-9-7-10(4-2)15-12(14-9)8-13-11-5-6-11/h7,11,13H,3-6,8H2,1-2H3. The number of aromatic nitrogens is 2. The summed E-state index contributed by atoms with van der Waals surface area (Å²) in [7, 11) is 0. The summed E-state index contributed by atoms with van der Waals surface area (Å²) in [4.78, 5) is 9.05. The lowest BCUT2D eigenvalue weighted by molar-refractivity contribution is 0.649. The molecule has 2 rings (SSSR count). The van der Waals surface area contributed by atoms with Gasteiger partial charge in [-0.05, 0) is 31.7 Å². The van der Waals surface area contributed by atoms with Gasteiger partial charge in [0.05, 0.1) is 6.54 Å². The fourth-order valence-electron chi connectivity index (χ4n) is 1.58. The van der Waals surface area contributed by atoms with E-state index in [0.29, 0.717) is 0 Å². The van der Waals surface area contributed by atoms with E-state index in [1.54, 1.807) is 0 Å². The van der Waals surface area contributed by atoms with Crippen LogP contribution in [0.25, 0.3) is 0 Å². The molecule has 0 amide bonds. The van der Waals surface area contributed by atoms with E-state index >= 15 is 0 Å². The smallest absolute Gasteiger partial charge is 0.142 e. The number of hydrogen-bond acceptors (Lipinski definition) is 3. The maximum Gasteiger partial charge on any atom is 0.142 e. The van der Waals surface area contributed by atoms with Crippen LogP contribution >= 0.6 is 0 Å². The fraction of sp³-hybridized carbons (Fsp3) is 0.667. The first-order valence-electron chi connectivity index (χ1n) is 5.91. The van der Waals surface area contributed by atoms with Crippen molar-refractivity contribution < 1.29 is 0 Å². The quantitative estimate of drug-likeness (QED) is 0.797. The summed E-state index contributed by atoms with van der Waals surface area (Å²) in [5, 5.41) is 3.45. The predicted octanol–water partition coefficient (Wildman–Crippen LogP) is 1.85. The van der Waals surface area contributed by atoms with Gasteiger partial charge in [0.25, 0.3) is 0 Å². The molecule has 1 aromatic rings. The number of aryl methyl sites for hydroxylation is 2. The Bertz CT molecular complexity index is 309. The second-order valence-corrected chi connectivity index (χ2v) is 4.13. The van der Waals surface area contributed by atoms with E-state index in [-0.39, 0.29) is 0 Å². The first-order valence-corrected chi connectivity index (χ1v) is 5.91. The van der Waals surface area contributed by atoms with Crippen molar-refractivity contribution in [1.82, 2.24) is 15.3 Å². The summed E-state index contributed by atoms with van der Waals surface area (Å²) < 4.78 is 0. The molecular formula is C12H19N3. The van der Waals surface area contributed by atoms with Gasteiger partial charge in [0, 0.05) is 17.4 Å². The van der Waals surface area contributed by atoms with Crippen LogP contribution in [0.4, 0.5) is 0 Å². The second-order valence-electron chi connectivity index (χ2n) is 4.13. The highest BCUT2D eigenvalue weighted by Gasteiger charge is 2.20. The molecule has 1 aliphatic rings. The van der Waals surface area contributed by atoms with Crippen molar-refractivity contribution in [2.75, 3.05) is 0 Å². The number of nitrogens with one attached hydrogen (secondary N) is 1. The number of hydrogen-bond donors (Lipinski definition) is 1. The van der Waals surface area contributed by atoms with Crippen molar-refractivity contribution in [3.8, 4) is 0 Å². The summed E-state index contributed by atoms with van der Waals surface area (Å²) in [6, 6.07) is 2.84. The number of rotatable bonds is 5. The highest BCUT2D eigenvalue weighted by molar-refractivity contribution is 5.11. The summed E-state index contributed by atoms with van der Waals surface area (Å²) in [6.07, 6.45) is 4.61. The summed E-state index contributed by atoms with van der Waals surface area (Å²) >= 11 is 0. The third kappa shape index (κ3) is 2.99. The Morgan fingerprint density at radius 2 is 1.80 bits per heavy atom. The molecule has 15 heavy (non-hydrogen) atoms. The Morgan fingerprint density at radius 1 is 1.20 bits per heavy atom. The molecule has 3 heteroatoms. The molecule has 0 bridgehead atoms. The topological polar surface area (TPSA) is 37.8 Å². The molecular weight excluding hydrogens is 186 g/mol. The van der Waals surface area contributed by atoms with Crippen LogP contribution in [-0.2, 0) is 19.4 Å². The molecule has 1 saturated carbocycles. The maximum absolute atomic E-state index is 4.53. The van der Waals surface area contributed by atoms with Crippen molar-refractivity contribution in [3.63, 3.8) is 0 Å². The van der Waals surface area contributed by atoms with Crippen LogP contribution in [0.15, 0.2) is 6.07 Å². The van der Waals surface area contributed by atoms with E-state index in [1.807, 2.05) is 0 Å². The summed E-state index contributed by atoms with van der Waals surface area (Å²) in [6.45, 7) is 5.10. The average molecular weight is 205 g/mol. The molecule has 1 N–H and O–H groups in total. The second kappa shape index (κ2) is 4.71. The van der Waals surface area contributed by atoms with Gasteiger partial charge >= 0.3 is 0 Å². The first-order chi connectivity index (χ1) is 7.31. The molecule has 1 aromatic heterocycles. The highest BCUT2D eigenvalue weighted by atomic mass is 15.0. The zero-order chi connectivity index (χ0) is 10.7. The SMILES string of the molecule is CCc1cc(CC)nc(CNC2CC2)n1. The Kier molecular flexibility index (Phi) is 3.31. The third-order valence-corrected chi connectivity index (χ3v) is 2.73. The van der Waals surface area contributed by atoms with Crippen molar-refractivity contribution in [2.24, 2.45) is 0 Å². The largest absolute Gasteiger partial charge is 0.307 e. The van der Waals surface area contributed by atoms with Crippen LogP contribution in [0.2, 0.25) is 0 Å². The van der Waals surface area contributed by atoms with Gasteiger partial charge < -0.3 is 5.32 Å². The minimum absolute atomic E-state index is 0.726. The Labute approximate surface area is 91.3 Å². The molecule has 0 unspecified atom stereocenters. The van der Waals surface area contributed by atoms with Gasteiger partial charge in [-0.15, -0.1) is 0 Å². The van der Waals surface area contributed by atoms with Crippen molar-refractivity contribution >= 4 is 0 Å². The van der Waals surface area contributed by atoms with Gasteiger partial charge in [0.2, 0.25) is 0 Å². The normalized spacial score (nSPS) is 15.6. The van der Waals surface area contributed by atoms with Crippen molar-refractivity contribution in [1.29, 1.82) is 0 Å². The first kappa shape index (κ1) is 10.6. The Hall–Kier alpha value is -0.960. The van der Waals surface area contributed by atoms with E-state index in [0.717, 1.165) is 42.6 Å². The zero-order valence-electron chi connectivity index (χ0n) is 9.58. The van der Waals surface area contributed by atoms with Crippen LogP contribution in [-0.4, -0.2) is 16.0 Å². The van der Waals surface area contributed by atoms with E-state index in [2.05, 4.69) is 35.2 Å². The lowest BCUT2D eigenvalue weighted by Gasteiger charge is -2.06. The number of nitrogens with zero attached hydrogens (tertiary/aromatic N) is 2. The minimum atomic E-state index is 0.726. The fourth-order valence-corrected chi connectivity index (χ4v) is 1.58. The van der Waals surface area contributed by atoms with E-state index in [4.69, 9.17) is 0 Å². The molecule has 3 nitrogen and oxygen atoms in total. The van der Waals surface area contributed by atoms with Gasteiger partial charge in [0.1, 0.15) is 5.82 Å². The molecule has 1 aliphatic carbocycles. The minimum Gasteiger partial charge on any atom is -0.307 e. The van der Waals surface area contributed by atoms with Gasteiger partial charge in [-0.2, -0.15) is 0 Å². The van der Waals surface area contributed by atoms with E-state index in [1.165, 1.54) is 12.8 Å². The van der Waals surface area contributed by atoms with E-state index in [9.17, 15) is 0 Å². The third-order valence-electron chi connectivity index (χ3n) is 2.73. The van der Waals surface area contributed by atoms with Crippen LogP contribution < -0.4 is 5.32 Å². The zero-order valence-corrected chi connectivity index (χ0v) is 9.58. The van der Waals surface area contributed by atoms with Gasteiger partial charge in [-0.3, -0.25) is 0 Å². The molecule has 0 radical (unpaired) electrons. The summed E-state index contributed by atoms with van der Waals surface area (Å²) in [5.41, 5.74) is 2.32. The van der Waals surface area contributed by atoms with Crippen LogP contribution in [0.3, 0.4) is 0 Å².